The molecule has 8 heteroatoms. The van der Waals surface area contributed by atoms with Gasteiger partial charge in [-0.3, -0.25) is 0 Å². The molecule has 2 heterocycles. The molecule has 1 atom stereocenters. The van der Waals surface area contributed by atoms with Crippen LogP contribution in [0.5, 0.6) is 5.75 Å². The number of fused-ring (bicyclic) bond motifs is 1. The highest BCUT2D eigenvalue weighted by atomic mass is 32.1. The first-order chi connectivity index (χ1) is 13.7. The van der Waals surface area contributed by atoms with Crippen LogP contribution in [0.3, 0.4) is 0 Å². The van der Waals surface area contributed by atoms with Gasteiger partial charge in [0.1, 0.15) is 29.3 Å². The molecule has 144 valence electrons. The lowest BCUT2D eigenvalue weighted by molar-refractivity contribution is 0.0895. The molecule has 28 heavy (non-hydrogen) atoms. The zero-order valence-corrected chi connectivity index (χ0v) is 16.0. The number of thiazole rings is 1. The summed E-state index contributed by atoms with van der Waals surface area (Å²) in [5.41, 5.74) is 3.10. The fourth-order valence-electron chi connectivity index (χ4n) is 2.28. The summed E-state index contributed by atoms with van der Waals surface area (Å²) in [6, 6.07) is 9.24. The second-order valence-electron chi connectivity index (χ2n) is 5.77. The second-order valence-corrected chi connectivity index (χ2v) is 6.83. The Bertz CT molecular complexity index is 1010. The van der Waals surface area contributed by atoms with Gasteiger partial charge in [0.05, 0.1) is 16.8 Å². The molecular formula is C20H19FN4O2S. The number of halogens is 1. The first kappa shape index (κ1) is 19.8. The van der Waals surface area contributed by atoms with Gasteiger partial charge in [0.25, 0.3) is 0 Å². The Kier molecular flexibility index (Phi) is 6.92. The summed E-state index contributed by atoms with van der Waals surface area (Å²) in [5.74, 6) is 7.39. The molecule has 0 radical (unpaired) electrons. The number of rotatable bonds is 7. The van der Waals surface area contributed by atoms with Gasteiger partial charge in [0, 0.05) is 18.8 Å². The molecule has 3 aromatic rings. The first-order valence-electron chi connectivity index (χ1n) is 8.55. The summed E-state index contributed by atoms with van der Waals surface area (Å²) in [4.78, 5) is 8.73. The van der Waals surface area contributed by atoms with Crippen LogP contribution >= 0.6 is 11.3 Å². The normalized spacial score (nSPS) is 12.0. The Hall–Kier alpha value is -2.99. The number of hydrogen-bond acceptors (Lipinski definition) is 7. The second kappa shape index (κ2) is 9.80. The third-order valence-electron chi connectivity index (χ3n) is 3.68. The predicted octanol–water partition coefficient (Wildman–Crippen LogP) is 3.01. The van der Waals surface area contributed by atoms with Crippen LogP contribution in [-0.4, -0.2) is 41.4 Å². The summed E-state index contributed by atoms with van der Waals surface area (Å²) < 4.78 is 18.4. The molecule has 0 spiro atoms. The molecule has 2 aromatic heterocycles. The average molecular weight is 398 g/mol. The number of anilines is 1. The van der Waals surface area contributed by atoms with E-state index in [9.17, 15) is 9.59 Å². The van der Waals surface area contributed by atoms with Crippen molar-refractivity contribution in [1.82, 2.24) is 15.5 Å². The number of pyridine rings is 1. The zero-order chi connectivity index (χ0) is 19.8. The van der Waals surface area contributed by atoms with Gasteiger partial charge >= 0.3 is 0 Å². The van der Waals surface area contributed by atoms with E-state index in [0.717, 1.165) is 26.6 Å². The number of nitrogens with one attached hydrogen (secondary N) is 2. The van der Waals surface area contributed by atoms with Crippen molar-refractivity contribution in [2.75, 3.05) is 25.5 Å². The molecule has 1 unspecified atom stereocenters. The van der Waals surface area contributed by atoms with Crippen LogP contribution < -0.4 is 15.6 Å². The monoisotopic (exact) mass is 398 g/mol. The summed E-state index contributed by atoms with van der Waals surface area (Å²) in [6.07, 6.45) is 4.40. The zero-order valence-electron chi connectivity index (χ0n) is 15.1. The van der Waals surface area contributed by atoms with Crippen molar-refractivity contribution in [3.63, 3.8) is 0 Å². The highest BCUT2D eigenvalue weighted by molar-refractivity contribution is 7.19. The van der Waals surface area contributed by atoms with E-state index in [4.69, 9.17) is 4.74 Å². The van der Waals surface area contributed by atoms with Gasteiger partial charge in [-0.1, -0.05) is 11.8 Å². The van der Waals surface area contributed by atoms with Gasteiger partial charge in [-0.25, -0.2) is 9.97 Å². The maximum absolute atomic E-state index is 11.9. The van der Waals surface area contributed by atoms with Crippen LogP contribution in [0.25, 0.3) is 16.3 Å². The molecule has 0 amide bonds. The van der Waals surface area contributed by atoms with Crippen molar-refractivity contribution < 1.29 is 14.3 Å². The summed E-state index contributed by atoms with van der Waals surface area (Å²) in [5, 5.41) is 13.3. The van der Waals surface area contributed by atoms with E-state index >= 15 is 0 Å². The molecule has 0 fully saturated rings. The minimum atomic E-state index is -0.913. The van der Waals surface area contributed by atoms with Crippen molar-refractivity contribution in [3.8, 4) is 17.6 Å². The molecule has 6 nitrogen and oxygen atoms in total. The Morgan fingerprint density at radius 2 is 2.25 bits per heavy atom. The highest BCUT2D eigenvalue weighted by Crippen LogP contribution is 2.27. The lowest BCUT2D eigenvalue weighted by atomic mass is 10.3. The van der Waals surface area contributed by atoms with E-state index < -0.39 is 6.10 Å². The van der Waals surface area contributed by atoms with Crippen LogP contribution in [0.2, 0.25) is 0 Å². The summed E-state index contributed by atoms with van der Waals surface area (Å²) in [7, 11) is 1.82. The number of aliphatic hydroxyl groups is 1. The standard InChI is InChI=1S/C20H19FN4O2S/c1-22-19-9-6-14(11-23-19)4-2-3-5-20-25-17-8-7-16(10-18(17)28-20)27-13-15(26)12-24-21/h3,5-11,15,24,26H,12-13H2,1H3,(H,22,23)/b5-3+. The van der Waals surface area contributed by atoms with Crippen LogP contribution in [0.15, 0.2) is 42.6 Å². The van der Waals surface area contributed by atoms with Crippen molar-refractivity contribution in [3.05, 3.63) is 53.2 Å². The van der Waals surface area contributed by atoms with Crippen LogP contribution in [0.1, 0.15) is 10.6 Å². The number of benzene rings is 1. The molecular weight excluding hydrogens is 379 g/mol. The Balaban J connectivity index is 1.63. The van der Waals surface area contributed by atoms with Gasteiger partial charge < -0.3 is 15.2 Å². The smallest absolute Gasteiger partial charge is 0.125 e. The summed E-state index contributed by atoms with van der Waals surface area (Å²) >= 11 is 1.51. The van der Waals surface area contributed by atoms with Crippen molar-refractivity contribution >= 4 is 33.4 Å². The predicted molar refractivity (Wildman–Crippen MR) is 110 cm³/mol. The number of aliphatic hydroxyl groups excluding tert-OH is 1. The molecule has 3 rings (SSSR count). The SMILES string of the molecule is CNc1ccc(C#C/C=C/c2nc3ccc(OCC(O)CNF)cc3s2)cn1. The molecule has 0 saturated heterocycles. The van der Waals surface area contributed by atoms with Crippen molar-refractivity contribution in [2.24, 2.45) is 0 Å². The van der Waals surface area contributed by atoms with E-state index in [1.807, 2.05) is 37.4 Å². The number of ether oxygens (including phenoxy) is 1. The Labute approximate surface area is 166 Å². The fourth-order valence-corrected chi connectivity index (χ4v) is 3.18. The third kappa shape index (κ3) is 5.50. The van der Waals surface area contributed by atoms with Crippen molar-refractivity contribution in [2.45, 2.75) is 6.10 Å². The number of hydrogen-bond donors (Lipinski definition) is 3. The molecule has 0 aliphatic heterocycles. The average Bonchev–Trinajstić information content (AvgIpc) is 3.12. The van der Waals surface area contributed by atoms with Crippen LogP contribution in [0, 0.1) is 11.8 Å². The lowest BCUT2D eigenvalue weighted by Crippen LogP contribution is -2.27. The maximum atomic E-state index is 11.9. The van der Waals surface area contributed by atoms with E-state index in [0.29, 0.717) is 5.75 Å². The first-order valence-corrected chi connectivity index (χ1v) is 9.36. The fraction of sp³-hybridized carbons (Fsp3) is 0.200. The Morgan fingerprint density at radius 1 is 1.36 bits per heavy atom. The van der Waals surface area contributed by atoms with Gasteiger partial charge in [-0.2, -0.15) is 5.54 Å². The van der Waals surface area contributed by atoms with E-state index in [2.05, 4.69) is 27.1 Å². The number of allylic oxidation sites excluding steroid dienone is 1. The van der Waals surface area contributed by atoms with Crippen molar-refractivity contribution in [1.29, 1.82) is 0 Å². The molecule has 0 aliphatic rings. The van der Waals surface area contributed by atoms with E-state index in [1.54, 1.807) is 18.3 Å². The minimum Gasteiger partial charge on any atom is -0.491 e. The maximum Gasteiger partial charge on any atom is 0.125 e. The van der Waals surface area contributed by atoms with Gasteiger partial charge in [-0.15, -0.1) is 15.8 Å². The van der Waals surface area contributed by atoms with Gasteiger partial charge in [0.15, 0.2) is 0 Å². The van der Waals surface area contributed by atoms with E-state index in [-0.39, 0.29) is 13.2 Å². The van der Waals surface area contributed by atoms with Crippen LogP contribution in [0.4, 0.5) is 10.3 Å². The molecule has 1 aromatic carbocycles. The quantitative estimate of drug-likeness (QED) is 0.419. The molecule has 0 saturated carbocycles. The number of aromatic nitrogens is 2. The lowest BCUT2D eigenvalue weighted by Gasteiger charge is -2.10. The third-order valence-corrected chi connectivity index (χ3v) is 4.66. The topological polar surface area (TPSA) is 79.3 Å². The minimum absolute atomic E-state index is 0.00767. The van der Waals surface area contributed by atoms with Gasteiger partial charge in [0.2, 0.25) is 0 Å². The molecule has 0 bridgehead atoms. The highest BCUT2D eigenvalue weighted by Gasteiger charge is 2.07. The molecule has 3 N–H and O–H groups in total. The van der Waals surface area contributed by atoms with Gasteiger partial charge in [-0.05, 0) is 42.5 Å². The Morgan fingerprint density at radius 3 is 3.00 bits per heavy atom. The van der Waals surface area contributed by atoms with Crippen LogP contribution in [-0.2, 0) is 0 Å². The molecule has 0 aliphatic carbocycles. The number of nitrogens with zero attached hydrogens (tertiary/aromatic N) is 2. The van der Waals surface area contributed by atoms with E-state index in [1.165, 1.54) is 16.9 Å². The summed E-state index contributed by atoms with van der Waals surface area (Å²) in [6.45, 7) is -0.164. The largest absolute Gasteiger partial charge is 0.491 e.